The molecule has 0 spiro atoms. The summed E-state index contributed by atoms with van der Waals surface area (Å²) in [5.74, 6) is 0. The summed E-state index contributed by atoms with van der Waals surface area (Å²) in [5, 5.41) is 3.39. The van der Waals surface area contributed by atoms with Crippen LogP contribution in [0.2, 0.25) is 0 Å². The van der Waals surface area contributed by atoms with Gasteiger partial charge in [0.15, 0.2) is 0 Å². The SMILES string of the molecule is C=CCNC(C)c1ccc(-c2ccccn2)n1C. The van der Waals surface area contributed by atoms with Crippen molar-refractivity contribution in [2.45, 2.75) is 13.0 Å². The van der Waals surface area contributed by atoms with Gasteiger partial charge >= 0.3 is 0 Å². The zero-order valence-corrected chi connectivity index (χ0v) is 10.9. The van der Waals surface area contributed by atoms with E-state index >= 15 is 0 Å². The molecular weight excluding hydrogens is 222 g/mol. The van der Waals surface area contributed by atoms with Gasteiger partial charge in [0.05, 0.1) is 11.4 Å². The van der Waals surface area contributed by atoms with E-state index in [1.165, 1.54) is 5.69 Å². The van der Waals surface area contributed by atoms with Crippen LogP contribution < -0.4 is 5.32 Å². The van der Waals surface area contributed by atoms with E-state index in [9.17, 15) is 0 Å². The van der Waals surface area contributed by atoms with Crippen molar-refractivity contribution in [3.63, 3.8) is 0 Å². The minimum absolute atomic E-state index is 0.297. The maximum absolute atomic E-state index is 4.39. The van der Waals surface area contributed by atoms with Gasteiger partial charge in [0.2, 0.25) is 0 Å². The molecule has 2 aromatic heterocycles. The van der Waals surface area contributed by atoms with E-state index < -0.39 is 0 Å². The third-order valence-electron chi connectivity index (χ3n) is 3.10. The molecule has 1 atom stereocenters. The molecule has 0 fully saturated rings. The first-order valence-electron chi connectivity index (χ1n) is 6.15. The summed E-state index contributed by atoms with van der Waals surface area (Å²) in [5.41, 5.74) is 3.39. The summed E-state index contributed by atoms with van der Waals surface area (Å²) in [4.78, 5) is 4.39. The maximum Gasteiger partial charge on any atom is 0.0866 e. The predicted octanol–water partition coefficient (Wildman–Crippen LogP) is 2.92. The Kier molecular flexibility index (Phi) is 3.95. The van der Waals surface area contributed by atoms with Crippen LogP contribution in [0.4, 0.5) is 0 Å². The number of pyridine rings is 1. The van der Waals surface area contributed by atoms with Gasteiger partial charge in [0.1, 0.15) is 0 Å². The molecule has 18 heavy (non-hydrogen) atoms. The van der Waals surface area contributed by atoms with Gasteiger partial charge < -0.3 is 9.88 Å². The average Bonchev–Trinajstić information content (AvgIpc) is 2.79. The van der Waals surface area contributed by atoms with Crippen LogP contribution in [0, 0.1) is 0 Å². The molecule has 0 aliphatic carbocycles. The summed E-state index contributed by atoms with van der Waals surface area (Å²) in [7, 11) is 2.07. The number of nitrogens with one attached hydrogen (secondary N) is 1. The van der Waals surface area contributed by atoms with Gasteiger partial charge in [-0.3, -0.25) is 4.98 Å². The molecule has 0 aliphatic heterocycles. The lowest BCUT2D eigenvalue weighted by Crippen LogP contribution is -2.20. The third kappa shape index (κ3) is 2.51. The monoisotopic (exact) mass is 241 g/mol. The van der Waals surface area contributed by atoms with Crippen LogP contribution in [0.25, 0.3) is 11.4 Å². The fourth-order valence-corrected chi connectivity index (χ4v) is 2.10. The first-order valence-corrected chi connectivity index (χ1v) is 6.15. The molecule has 0 radical (unpaired) electrons. The summed E-state index contributed by atoms with van der Waals surface area (Å²) in [6.07, 6.45) is 3.69. The van der Waals surface area contributed by atoms with Crippen molar-refractivity contribution in [2.24, 2.45) is 7.05 Å². The first kappa shape index (κ1) is 12.6. The summed E-state index contributed by atoms with van der Waals surface area (Å²) < 4.78 is 2.18. The van der Waals surface area contributed by atoms with E-state index in [4.69, 9.17) is 0 Å². The van der Waals surface area contributed by atoms with Gasteiger partial charge in [-0.05, 0) is 31.2 Å². The van der Waals surface area contributed by atoms with Crippen LogP contribution in [0.1, 0.15) is 18.7 Å². The lowest BCUT2D eigenvalue weighted by Gasteiger charge is -2.15. The molecule has 3 nitrogen and oxygen atoms in total. The number of nitrogens with zero attached hydrogens (tertiary/aromatic N) is 2. The molecular formula is C15H19N3. The van der Waals surface area contributed by atoms with Crippen LogP contribution in [-0.4, -0.2) is 16.1 Å². The zero-order valence-electron chi connectivity index (χ0n) is 10.9. The number of hydrogen-bond acceptors (Lipinski definition) is 2. The van der Waals surface area contributed by atoms with Crippen molar-refractivity contribution >= 4 is 0 Å². The molecule has 1 unspecified atom stereocenters. The Morgan fingerprint density at radius 2 is 2.22 bits per heavy atom. The molecule has 3 heteroatoms. The molecule has 0 saturated heterocycles. The van der Waals surface area contributed by atoms with Gasteiger partial charge in [-0.25, -0.2) is 0 Å². The fourth-order valence-electron chi connectivity index (χ4n) is 2.10. The summed E-state index contributed by atoms with van der Waals surface area (Å²) >= 11 is 0. The normalized spacial score (nSPS) is 12.3. The molecule has 2 heterocycles. The van der Waals surface area contributed by atoms with Crippen molar-refractivity contribution in [1.82, 2.24) is 14.9 Å². The third-order valence-corrected chi connectivity index (χ3v) is 3.10. The summed E-state index contributed by atoms with van der Waals surface area (Å²) in [6.45, 7) is 6.69. The van der Waals surface area contributed by atoms with E-state index in [2.05, 4.69) is 47.6 Å². The topological polar surface area (TPSA) is 29.9 Å². The lowest BCUT2D eigenvalue weighted by molar-refractivity contribution is 0.580. The Balaban J connectivity index is 2.26. The molecule has 0 aliphatic rings. The number of aromatic nitrogens is 2. The predicted molar refractivity (Wildman–Crippen MR) is 75.3 cm³/mol. The molecule has 0 saturated carbocycles. The highest BCUT2D eigenvalue weighted by Crippen LogP contribution is 2.22. The fraction of sp³-hybridized carbons (Fsp3) is 0.267. The van der Waals surface area contributed by atoms with E-state index in [0.29, 0.717) is 6.04 Å². The second kappa shape index (κ2) is 5.65. The van der Waals surface area contributed by atoms with Crippen molar-refractivity contribution in [3.8, 4) is 11.4 Å². The van der Waals surface area contributed by atoms with Crippen LogP contribution in [0.15, 0.2) is 49.2 Å². The quantitative estimate of drug-likeness (QED) is 0.816. The van der Waals surface area contributed by atoms with Crippen LogP contribution in [-0.2, 0) is 7.05 Å². The molecule has 2 aromatic rings. The number of hydrogen-bond donors (Lipinski definition) is 1. The minimum Gasteiger partial charge on any atom is -0.345 e. The molecule has 0 amide bonds. The highest BCUT2D eigenvalue weighted by Gasteiger charge is 2.12. The Morgan fingerprint density at radius 3 is 2.89 bits per heavy atom. The van der Waals surface area contributed by atoms with Gasteiger partial charge in [-0.2, -0.15) is 0 Å². The molecule has 0 aromatic carbocycles. The highest BCUT2D eigenvalue weighted by atomic mass is 15.0. The van der Waals surface area contributed by atoms with Gasteiger partial charge in [0.25, 0.3) is 0 Å². The molecule has 1 N–H and O–H groups in total. The molecule has 94 valence electrons. The van der Waals surface area contributed by atoms with E-state index in [-0.39, 0.29) is 0 Å². The largest absolute Gasteiger partial charge is 0.345 e. The van der Waals surface area contributed by atoms with Crippen LogP contribution in [0.5, 0.6) is 0 Å². The van der Waals surface area contributed by atoms with Crippen molar-refractivity contribution in [2.75, 3.05) is 6.54 Å². The smallest absolute Gasteiger partial charge is 0.0866 e. The van der Waals surface area contributed by atoms with Gasteiger partial charge in [-0.15, -0.1) is 6.58 Å². The Hall–Kier alpha value is -1.87. The molecule has 0 bridgehead atoms. The van der Waals surface area contributed by atoms with Gasteiger partial charge in [-0.1, -0.05) is 12.1 Å². The Bertz CT molecular complexity index is 514. The van der Waals surface area contributed by atoms with Crippen molar-refractivity contribution in [1.29, 1.82) is 0 Å². The van der Waals surface area contributed by atoms with E-state index in [1.54, 1.807) is 0 Å². The summed E-state index contributed by atoms with van der Waals surface area (Å²) in [6, 6.07) is 10.5. The maximum atomic E-state index is 4.39. The second-order valence-electron chi connectivity index (χ2n) is 4.34. The molecule has 2 rings (SSSR count). The zero-order chi connectivity index (χ0) is 13.0. The highest BCUT2D eigenvalue weighted by molar-refractivity contribution is 5.56. The first-order chi connectivity index (χ1) is 8.74. The lowest BCUT2D eigenvalue weighted by atomic mass is 10.2. The van der Waals surface area contributed by atoms with Crippen LogP contribution >= 0.6 is 0 Å². The van der Waals surface area contributed by atoms with E-state index in [1.807, 2.05) is 30.5 Å². The standard InChI is InChI=1S/C15H19N3/c1-4-10-16-12(2)14-8-9-15(18(14)3)13-7-5-6-11-17-13/h4-9,11-12,16H,1,10H2,2-3H3. The Labute approximate surface area is 108 Å². The number of rotatable bonds is 5. The van der Waals surface area contributed by atoms with Crippen LogP contribution in [0.3, 0.4) is 0 Å². The van der Waals surface area contributed by atoms with Gasteiger partial charge in [0, 0.05) is 31.5 Å². The van der Waals surface area contributed by atoms with Crippen molar-refractivity contribution in [3.05, 3.63) is 54.9 Å². The average molecular weight is 241 g/mol. The minimum atomic E-state index is 0.297. The Morgan fingerprint density at radius 1 is 1.39 bits per heavy atom. The van der Waals surface area contributed by atoms with Crippen molar-refractivity contribution < 1.29 is 0 Å². The second-order valence-corrected chi connectivity index (χ2v) is 4.34. The van der Waals surface area contributed by atoms with E-state index in [0.717, 1.165) is 17.9 Å².